The van der Waals surface area contributed by atoms with Gasteiger partial charge in [-0.1, -0.05) is 44.2 Å². The van der Waals surface area contributed by atoms with Gasteiger partial charge in [-0.25, -0.2) is 0 Å². The Bertz CT molecular complexity index is 999. The van der Waals surface area contributed by atoms with Crippen LogP contribution in [0.1, 0.15) is 25.8 Å². The minimum Gasteiger partial charge on any atom is -0.457 e. The Labute approximate surface area is 184 Å². The highest BCUT2D eigenvalue weighted by molar-refractivity contribution is 5.92. The predicted octanol–water partition coefficient (Wildman–Crippen LogP) is 6.14. The molecule has 1 fully saturated rings. The van der Waals surface area contributed by atoms with Crippen LogP contribution in [0.5, 0.6) is 11.5 Å². The number of carbonyl (C=O) groups is 1. The summed E-state index contributed by atoms with van der Waals surface area (Å²) in [6, 6.07) is 25.5. The van der Waals surface area contributed by atoms with Gasteiger partial charge in [-0.05, 0) is 72.4 Å². The molecule has 1 aliphatic heterocycles. The summed E-state index contributed by atoms with van der Waals surface area (Å²) in [5, 5.41) is 3.01. The highest BCUT2D eigenvalue weighted by Crippen LogP contribution is 2.29. The van der Waals surface area contributed by atoms with E-state index in [1.165, 1.54) is 12.1 Å². The van der Waals surface area contributed by atoms with E-state index in [0.29, 0.717) is 6.42 Å². The van der Waals surface area contributed by atoms with Crippen molar-refractivity contribution in [2.24, 2.45) is 11.8 Å². The second kappa shape index (κ2) is 9.69. The third-order valence-electron chi connectivity index (χ3n) is 5.93. The van der Waals surface area contributed by atoms with E-state index in [9.17, 15) is 4.79 Å². The molecule has 1 amide bonds. The zero-order valence-corrected chi connectivity index (χ0v) is 18.3. The van der Waals surface area contributed by atoms with Gasteiger partial charge >= 0.3 is 0 Å². The monoisotopic (exact) mass is 414 g/mol. The molecule has 160 valence electrons. The van der Waals surface area contributed by atoms with Crippen LogP contribution in [0.2, 0.25) is 0 Å². The number of para-hydroxylation sites is 1. The van der Waals surface area contributed by atoms with Crippen LogP contribution in [0.3, 0.4) is 0 Å². The van der Waals surface area contributed by atoms with Crippen LogP contribution in [-0.4, -0.2) is 19.0 Å². The zero-order valence-electron chi connectivity index (χ0n) is 18.3. The first-order valence-electron chi connectivity index (χ1n) is 11.0. The Hall–Kier alpha value is -3.27. The largest absolute Gasteiger partial charge is 0.457 e. The number of carbonyl (C=O) groups excluding carboxylic acids is 1. The third-order valence-corrected chi connectivity index (χ3v) is 5.93. The summed E-state index contributed by atoms with van der Waals surface area (Å²) in [6.45, 7) is 6.83. The number of nitrogens with zero attached hydrogens (tertiary/aromatic N) is 1. The average molecular weight is 415 g/mol. The summed E-state index contributed by atoms with van der Waals surface area (Å²) in [6.07, 6.45) is 1.55. The van der Waals surface area contributed by atoms with Crippen molar-refractivity contribution in [1.82, 2.24) is 0 Å². The van der Waals surface area contributed by atoms with E-state index >= 15 is 0 Å². The first-order valence-corrected chi connectivity index (χ1v) is 11.0. The second-order valence-corrected chi connectivity index (χ2v) is 8.57. The number of hydrogen-bond acceptors (Lipinski definition) is 3. The number of hydrogen-bond donors (Lipinski definition) is 1. The van der Waals surface area contributed by atoms with Crippen LogP contribution in [0.25, 0.3) is 0 Å². The lowest BCUT2D eigenvalue weighted by Crippen LogP contribution is -2.21. The molecule has 0 aliphatic carbocycles. The maximum atomic E-state index is 12.5. The third kappa shape index (κ3) is 5.66. The molecular formula is C27H30N2O2. The van der Waals surface area contributed by atoms with Crippen molar-refractivity contribution >= 4 is 17.3 Å². The van der Waals surface area contributed by atoms with E-state index in [4.69, 9.17) is 4.74 Å². The molecule has 3 aromatic rings. The van der Waals surface area contributed by atoms with Gasteiger partial charge in [0.15, 0.2) is 0 Å². The lowest BCUT2D eigenvalue weighted by Gasteiger charge is -2.20. The summed E-state index contributed by atoms with van der Waals surface area (Å²) >= 11 is 0. The van der Waals surface area contributed by atoms with Gasteiger partial charge in [0, 0.05) is 24.5 Å². The van der Waals surface area contributed by atoms with Crippen molar-refractivity contribution < 1.29 is 9.53 Å². The number of benzene rings is 3. The first kappa shape index (κ1) is 21.0. The van der Waals surface area contributed by atoms with E-state index in [1.807, 2.05) is 66.7 Å². The molecule has 0 radical (unpaired) electrons. The number of amides is 1. The summed E-state index contributed by atoms with van der Waals surface area (Å²) < 4.78 is 5.87. The fraction of sp³-hybridized carbons (Fsp3) is 0.296. The van der Waals surface area contributed by atoms with Crippen LogP contribution in [0.4, 0.5) is 11.4 Å². The lowest BCUT2D eigenvalue weighted by molar-refractivity contribution is -0.115. The Morgan fingerprint density at radius 2 is 1.74 bits per heavy atom. The van der Waals surface area contributed by atoms with Gasteiger partial charge in [0.2, 0.25) is 5.91 Å². The highest BCUT2D eigenvalue weighted by Gasteiger charge is 2.24. The molecule has 31 heavy (non-hydrogen) atoms. The Balaban J connectivity index is 1.32. The standard InChI is InChI=1S/C27H30N2O2/c1-20(2)22-15-16-29(19-22)24-13-11-23(12-14-24)28-27(30)18-21-7-6-10-26(17-21)31-25-8-4-3-5-9-25/h3-14,17,20,22H,15-16,18-19H2,1-2H3,(H,28,30). The van der Waals surface area contributed by atoms with E-state index in [-0.39, 0.29) is 5.91 Å². The molecule has 3 aromatic carbocycles. The minimum absolute atomic E-state index is 0.0364. The normalized spacial score (nSPS) is 15.8. The molecule has 0 saturated carbocycles. The van der Waals surface area contributed by atoms with E-state index in [1.54, 1.807) is 0 Å². The second-order valence-electron chi connectivity index (χ2n) is 8.57. The maximum absolute atomic E-state index is 12.5. The molecule has 0 spiro atoms. The molecule has 4 nitrogen and oxygen atoms in total. The molecule has 1 saturated heterocycles. The topological polar surface area (TPSA) is 41.6 Å². The smallest absolute Gasteiger partial charge is 0.228 e. The SMILES string of the molecule is CC(C)C1CCN(c2ccc(NC(=O)Cc3cccc(Oc4ccccc4)c3)cc2)C1. The van der Waals surface area contributed by atoms with Gasteiger partial charge in [-0.15, -0.1) is 0 Å². The first-order chi connectivity index (χ1) is 15.1. The van der Waals surface area contributed by atoms with Gasteiger partial charge in [0.1, 0.15) is 11.5 Å². The van der Waals surface area contributed by atoms with Gasteiger partial charge in [0.05, 0.1) is 6.42 Å². The highest BCUT2D eigenvalue weighted by atomic mass is 16.5. The van der Waals surface area contributed by atoms with Gasteiger partial charge in [-0.2, -0.15) is 0 Å². The van der Waals surface area contributed by atoms with E-state index in [0.717, 1.165) is 47.7 Å². The molecule has 4 rings (SSSR count). The molecule has 0 bridgehead atoms. The molecule has 1 heterocycles. The Morgan fingerprint density at radius 1 is 1.00 bits per heavy atom. The van der Waals surface area contributed by atoms with E-state index in [2.05, 4.69) is 36.2 Å². The van der Waals surface area contributed by atoms with Crippen LogP contribution >= 0.6 is 0 Å². The van der Waals surface area contributed by atoms with Crippen molar-refractivity contribution in [1.29, 1.82) is 0 Å². The van der Waals surface area contributed by atoms with Crippen molar-refractivity contribution in [3.05, 3.63) is 84.4 Å². The molecule has 0 aromatic heterocycles. The number of ether oxygens (including phenoxy) is 1. The summed E-state index contributed by atoms with van der Waals surface area (Å²) in [7, 11) is 0. The fourth-order valence-corrected chi connectivity index (χ4v) is 4.06. The van der Waals surface area contributed by atoms with Crippen LogP contribution < -0.4 is 15.0 Å². The Morgan fingerprint density at radius 3 is 2.45 bits per heavy atom. The number of anilines is 2. The van der Waals surface area contributed by atoms with Gasteiger partial charge in [0.25, 0.3) is 0 Å². The van der Waals surface area contributed by atoms with E-state index < -0.39 is 0 Å². The molecule has 1 N–H and O–H groups in total. The van der Waals surface area contributed by atoms with Crippen molar-refractivity contribution in [2.75, 3.05) is 23.3 Å². The quantitative estimate of drug-likeness (QED) is 0.505. The van der Waals surface area contributed by atoms with Gasteiger partial charge < -0.3 is 15.0 Å². The Kier molecular flexibility index (Phi) is 6.56. The van der Waals surface area contributed by atoms with Crippen molar-refractivity contribution in [2.45, 2.75) is 26.7 Å². The van der Waals surface area contributed by atoms with Crippen LogP contribution in [0.15, 0.2) is 78.9 Å². The molecule has 4 heteroatoms. The van der Waals surface area contributed by atoms with Crippen LogP contribution in [0, 0.1) is 11.8 Å². The lowest BCUT2D eigenvalue weighted by atomic mass is 9.95. The van der Waals surface area contributed by atoms with Crippen molar-refractivity contribution in [3.63, 3.8) is 0 Å². The minimum atomic E-state index is -0.0364. The number of nitrogens with one attached hydrogen (secondary N) is 1. The maximum Gasteiger partial charge on any atom is 0.228 e. The summed E-state index contributed by atoms with van der Waals surface area (Å²) in [5.41, 5.74) is 2.97. The number of rotatable bonds is 7. The molecule has 1 atom stereocenters. The predicted molar refractivity (Wildman–Crippen MR) is 127 cm³/mol. The fourth-order valence-electron chi connectivity index (χ4n) is 4.06. The molecular weight excluding hydrogens is 384 g/mol. The molecule has 1 aliphatic rings. The van der Waals surface area contributed by atoms with Crippen molar-refractivity contribution in [3.8, 4) is 11.5 Å². The van der Waals surface area contributed by atoms with Gasteiger partial charge in [-0.3, -0.25) is 4.79 Å². The molecule has 1 unspecified atom stereocenters. The summed E-state index contributed by atoms with van der Waals surface area (Å²) in [4.78, 5) is 15.0. The summed E-state index contributed by atoms with van der Waals surface area (Å²) in [5.74, 6) is 2.96. The zero-order chi connectivity index (χ0) is 21.6. The van der Waals surface area contributed by atoms with Crippen LogP contribution in [-0.2, 0) is 11.2 Å². The average Bonchev–Trinajstić information content (AvgIpc) is 3.26.